The van der Waals surface area contributed by atoms with Crippen molar-refractivity contribution in [1.82, 2.24) is 4.31 Å². The van der Waals surface area contributed by atoms with E-state index < -0.39 is 28.3 Å². The first-order valence-electron chi connectivity index (χ1n) is 6.67. The molecule has 0 aromatic heterocycles. The third-order valence-corrected chi connectivity index (χ3v) is 5.66. The second kappa shape index (κ2) is 7.60. The average Bonchev–Trinajstić information content (AvgIpc) is 2.50. The summed E-state index contributed by atoms with van der Waals surface area (Å²) in [6.45, 7) is -0.458. The van der Waals surface area contributed by atoms with E-state index in [0.717, 1.165) is 4.31 Å². The van der Waals surface area contributed by atoms with E-state index in [1.165, 1.54) is 43.4 Å². The molecular weight excluding hydrogens is 423 g/mol. The van der Waals surface area contributed by atoms with Crippen molar-refractivity contribution >= 4 is 49.1 Å². The fourth-order valence-corrected chi connectivity index (χ4v) is 3.44. The first kappa shape index (κ1) is 18.9. The molecular formula is C15H13BrClFN2O3S. The van der Waals surface area contributed by atoms with Crippen LogP contribution in [0.4, 0.5) is 10.1 Å². The molecule has 24 heavy (non-hydrogen) atoms. The van der Waals surface area contributed by atoms with Crippen LogP contribution in [0.5, 0.6) is 0 Å². The van der Waals surface area contributed by atoms with Crippen LogP contribution < -0.4 is 5.32 Å². The van der Waals surface area contributed by atoms with Gasteiger partial charge in [-0.15, -0.1) is 0 Å². The summed E-state index contributed by atoms with van der Waals surface area (Å²) in [5.41, 5.74) is -0.0273. The molecule has 128 valence electrons. The van der Waals surface area contributed by atoms with Crippen LogP contribution in [0.1, 0.15) is 0 Å². The van der Waals surface area contributed by atoms with Gasteiger partial charge in [-0.05, 0) is 42.5 Å². The summed E-state index contributed by atoms with van der Waals surface area (Å²) < 4.78 is 39.8. The summed E-state index contributed by atoms with van der Waals surface area (Å²) in [6.07, 6.45) is 0. The standard InChI is InChI=1S/C15H13BrClFN2O3S/c1-20(24(22,23)12-5-3-11(17)4-6-12)9-15(21)19-14-7-2-10(16)8-13(14)18/h2-8H,9H2,1H3,(H,19,21). The maximum absolute atomic E-state index is 13.7. The second-order valence-corrected chi connectivity index (χ2v) is 8.28. The number of hydrogen-bond donors (Lipinski definition) is 1. The van der Waals surface area contributed by atoms with Gasteiger partial charge in [-0.1, -0.05) is 27.5 Å². The van der Waals surface area contributed by atoms with E-state index in [0.29, 0.717) is 9.50 Å². The molecule has 2 aromatic rings. The molecule has 0 bridgehead atoms. The number of likely N-dealkylation sites (N-methyl/N-ethyl adjacent to an activating group) is 1. The van der Waals surface area contributed by atoms with E-state index in [9.17, 15) is 17.6 Å². The maximum atomic E-state index is 13.7. The van der Waals surface area contributed by atoms with Crippen LogP contribution in [0.2, 0.25) is 5.02 Å². The Labute approximate surface area is 152 Å². The fourth-order valence-electron chi connectivity index (χ4n) is 1.85. The molecule has 0 atom stereocenters. The number of anilines is 1. The van der Waals surface area contributed by atoms with E-state index in [2.05, 4.69) is 21.2 Å². The summed E-state index contributed by atoms with van der Waals surface area (Å²) in [6, 6.07) is 9.72. The highest BCUT2D eigenvalue weighted by Gasteiger charge is 2.23. The Bertz CT molecular complexity index is 860. The van der Waals surface area contributed by atoms with E-state index in [-0.39, 0.29) is 10.6 Å². The van der Waals surface area contributed by atoms with Gasteiger partial charge in [-0.2, -0.15) is 4.31 Å². The van der Waals surface area contributed by atoms with Crippen molar-refractivity contribution in [3.63, 3.8) is 0 Å². The number of nitrogens with zero attached hydrogens (tertiary/aromatic N) is 1. The highest BCUT2D eigenvalue weighted by molar-refractivity contribution is 9.10. The molecule has 2 rings (SSSR count). The van der Waals surface area contributed by atoms with Crippen molar-refractivity contribution in [2.75, 3.05) is 18.9 Å². The van der Waals surface area contributed by atoms with Crippen LogP contribution in [0.25, 0.3) is 0 Å². The molecule has 0 heterocycles. The van der Waals surface area contributed by atoms with Gasteiger partial charge in [-0.3, -0.25) is 4.79 Å². The molecule has 0 spiro atoms. The molecule has 0 unspecified atom stereocenters. The number of sulfonamides is 1. The molecule has 0 aliphatic carbocycles. The van der Waals surface area contributed by atoms with Gasteiger partial charge in [0.2, 0.25) is 15.9 Å². The zero-order valence-electron chi connectivity index (χ0n) is 12.5. The highest BCUT2D eigenvalue weighted by atomic mass is 79.9. The molecule has 2 aromatic carbocycles. The quantitative estimate of drug-likeness (QED) is 0.782. The van der Waals surface area contributed by atoms with Crippen LogP contribution >= 0.6 is 27.5 Å². The van der Waals surface area contributed by atoms with Gasteiger partial charge in [0.25, 0.3) is 0 Å². The van der Waals surface area contributed by atoms with Crippen molar-refractivity contribution in [3.8, 4) is 0 Å². The van der Waals surface area contributed by atoms with Crippen LogP contribution in [0.3, 0.4) is 0 Å². The Morgan fingerprint density at radius 1 is 1.25 bits per heavy atom. The predicted octanol–water partition coefficient (Wildman–Crippen LogP) is 3.50. The van der Waals surface area contributed by atoms with Gasteiger partial charge < -0.3 is 5.32 Å². The minimum atomic E-state index is -3.85. The molecule has 0 fully saturated rings. The molecule has 0 aliphatic heterocycles. The molecule has 1 amide bonds. The van der Waals surface area contributed by atoms with Gasteiger partial charge >= 0.3 is 0 Å². The van der Waals surface area contributed by atoms with E-state index in [1.807, 2.05) is 0 Å². The topological polar surface area (TPSA) is 66.5 Å². The Balaban J connectivity index is 2.09. The highest BCUT2D eigenvalue weighted by Crippen LogP contribution is 2.20. The minimum Gasteiger partial charge on any atom is -0.322 e. The predicted molar refractivity (Wildman–Crippen MR) is 94.0 cm³/mol. The smallest absolute Gasteiger partial charge is 0.243 e. The summed E-state index contributed by atoms with van der Waals surface area (Å²) in [7, 11) is -2.58. The molecule has 0 radical (unpaired) electrons. The number of halogens is 3. The molecule has 0 saturated heterocycles. The van der Waals surface area contributed by atoms with Gasteiger partial charge in [-0.25, -0.2) is 12.8 Å². The summed E-state index contributed by atoms with van der Waals surface area (Å²) in [5, 5.41) is 2.74. The molecule has 9 heteroatoms. The molecule has 0 saturated carbocycles. The Morgan fingerprint density at radius 3 is 2.46 bits per heavy atom. The van der Waals surface area contributed by atoms with Gasteiger partial charge in [0, 0.05) is 16.5 Å². The van der Waals surface area contributed by atoms with Crippen molar-refractivity contribution < 1.29 is 17.6 Å². The number of hydrogen-bond acceptors (Lipinski definition) is 3. The zero-order chi connectivity index (χ0) is 17.9. The zero-order valence-corrected chi connectivity index (χ0v) is 15.6. The average molecular weight is 436 g/mol. The van der Waals surface area contributed by atoms with Crippen molar-refractivity contribution in [2.45, 2.75) is 4.90 Å². The van der Waals surface area contributed by atoms with Gasteiger partial charge in [0.15, 0.2) is 0 Å². The van der Waals surface area contributed by atoms with Crippen molar-refractivity contribution in [1.29, 1.82) is 0 Å². The monoisotopic (exact) mass is 434 g/mol. The van der Waals surface area contributed by atoms with Crippen LogP contribution in [-0.2, 0) is 14.8 Å². The third-order valence-electron chi connectivity index (χ3n) is 3.09. The van der Waals surface area contributed by atoms with E-state index in [1.54, 1.807) is 6.07 Å². The first-order chi connectivity index (χ1) is 11.2. The lowest BCUT2D eigenvalue weighted by Gasteiger charge is -2.17. The summed E-state index contributed by atoms with van der Waals surface area (Å²) in [5.74, 6) is -1.28. The van der Waals surface area contributed by atoms with E-state index in [4.69, 9.17) is 11.6 Å². The minimum absolute atomic E-state index is 0.0111. The van der Waals surface area contributed by atoms with Crippen LogP contribution in [0, 0.1) is 5.82 Å². The van der Waals surface area contributed by atoms with Crippen molar-refractivity contribution in [3.05, 3.63) is 57.8 Å². The SMILES string of the molecule is CN(CC(=O)Nc1ccc(Br)cc1F)S(=O)(=O)c1ccc(Cl)cc1. The van der Waals surface area contributed by atoms with E-state index >= 15 is 0 Å². The van der Waals surface area contributed by atoms with Crippen LogP contribution in [-0.4, -0.2) is 32.2 Å². The first-order valence-corrected chi connectivity index (χ1v) is 9.28. The second-order valence-electron chi connectivity index (χ2n) is 4.89. The maximum Gasteiger partial charge on any atom is 0.243 e. The largest absolute Gasteiger partial charge is 0.322 e. The number of nitrogens with one attached hydrogen (secondary N) is 1. The molecule has 5 nitrogen and oxygen atoms in total. The lowest BCUT2D eigenvalue weighted by atomic mass is 10.3. The Hall–Kier alpha value is -1.48. The Morgan fingerprint density at radius 2 is 1.88 bits per heavy atom. The lowest BCUT2D eigenvalue weighted by Crippen LogP contribution is -2.35. The lowest BCUT2D eigenvalue weighted by molar-refractivity contribution is -0.116. The number of carbonyl (C=O) groups excluding carboxylic acids is 1. The molecule has 1 N–H and O–H groups in total. The van der Waals surface area contributed by atoms with Gasteiger partial charge in [0.1, 0.15) is 5.82 Å². The number of benzene rings is 2. The van der Waals surface area contributed by atoms with Gasteiger partial charge in [0.05, 0.1) is 17.1 Å². The van der Waals surface area contributed by atoms with Crippen molar-refractivity contribution in [2.24, 2.45) is 0 Å². The number of amides is 1. The Kier molecular flexibility index (Phi) is 5.97. The summed E-state index contributed by atoms with van der Waals surface area (Å²) in [4.78, 5) is 12.0. The summed E-state index contributed by atoms with van der Waals surface area (Å²) >= 11 is 8.84. The fraction of sp³-hybridized carbons (Fsp3) is 0.133. The normalized spacial score (nSPS) is 11.5. The number of rotatable bonds is 5. The molecule has 0 aliphatic rings. The third kappa shape index (κ3) is 4.54. The number of carbonyl (C=O) groups is 1. The van der Waals surface area contributed by atoms with Crippen LogP contribution in [0.15, 0.2) is 51.8 Å².